The van der Waals surface area contributed by atoms with Crippen molar-refractivity contribution >= 4 is 17.7 Å². The highest BCUT2D eigenvalue weighted by molar-refractivity contribution is 7.99. The average Bonchev–Trinajstić information content (AvgIpc) is 2.48. The molecule has 76 valence electrons. The van der Waals surface area contributed by atoms with Gasteiger partial charge in [0.05, 0.1) is 0 Å². The summed E-state index contributed by atoms with van der Waals surface area (Å²) in [4.78, 5) is 13.8. The van der Waals surface area contributed by atoms with Gasteiger partial charge in [-0.3, -0.25) is 4.79 Å². The second-order valence-electron chi connectivity index (χ2n) is 4.65. The second-order valence-corrected chi connectivity index (χ2v) is 5.79. The van der Waals surface area contributed by atoms with Crippen molar-refractivity contribution in [3.8, 4) is 0 Å². The largest absolute Gasteiger partial charge is 0.341 e. The van der Waals surface area contributed by atoms with Gasteiger partial charge in [0.15, 0.2) is 0 Å². The summed E-state index contributed by atoms with van der Waals surface area (Å²) in [6, 6.07) is 0. The van der Waals surface area contributed by atoms with Crippen molar-refractivity contribution in [1.82, 2.24) is 4.90 Å². The molecule has 0 aromatic rings. The van der Waals surface area contributed by atoms with Gasteiger partial charge >= 0.3 is 0 Å². The third kappa shape index (κ3) is 2.63. The van der Waals surface area contributed by atoms with E-state index in [4.69, 9.17) is 0 Å². The van der Waals surface area contributed by atoms with Gasteiger partial charge in [0.2, 0.25) is 5.91 Å². The Kier molecular flexibility index (Phi) is 3.28. The lowest BCUT2D eigenvalue weighted by atomic mass is 9.95. The summed E-state index contributed by atoms with van der Waals surface area (Å²) in [7, 11) is 0. The molecule has 1 rings (SSSR count). The number of nitrogens with zero attached hydrogens (tertiary/aromatic N) is 1. The van der Waals surface area contributed by atoms with Crippen molar-refractivity contribution in [3.63, 3.8) is 0 Å². The van der Waals surface area contributed by atoms with Crippen LogP contribution >= 0.6 is 11.8 Å². The topological polar surface area (TPSA) is 20.3 Å². The summed E-state index contributed by atoms with van der Waals surface area (Å²) in [5.74, 6) is 0.295. The first-order valence-electron chi connectivity index (χ1n) is 4.77. The SMILES string of the molecule is CS[C@@H]1CCN(C(=O)C(C)(C)C)C1. The Labute approximate surface area is 85.1 Å². The molecule has 0 saturated carbocycles. The summed E-state index contributed by atoms with van der Waals surface area (Å²) in [6.45, 7) is 7.85. The highest BCUT2D eigenvalue weighted by Crippen LogP contribution is 2.25. The van der Waals surface area contributed by atoms with Gasteiger partial charge in [-0.05, 0) is 12.7 Å². The first kappa shape index (κ1) is 10.9. The average molecular weight is 201 g/mol. The quantitative estimate of drug-likeness (QED) is 0.646. The molecule has 0 unspecified atom stereocenters. The van der Waals surface area contributed by atoms with E-state index in [1.807, 2.05) is 37.4 Å². The molecule has 0 aromatic carbocycles. The Bertz CT molecular complexity index is 198. The third-order valence-electron chi connectivity index (χ3n) is 2.41. The fraction of sp³-hybridized carbons (Fsp3) is 0.900. The van der Waals surface area contributed by atoms with Crippen LogP contribution in [0.2, 0.25) is 0 Å². The first-order chi connectivity index (χ1) is 5.95. The summed E-state index contributed by atoms with van der Waals surface area (Å²) in [5, 5.41) is 0.659. The molecule has 1 heterocycles. The molecule has 1 amide bonds. The predicted molar refractivity (Wildman–Crippen MR) is 58.0 cm³/mol. The van der Waals surface area contributed by atoms with Crippen molar-refractivity contribution in [1.29, 1.82) is 0 Å². The Morgan fingerprint density at radius 2 is 2.08 bits per heavy atom. The number of likely N-dealkylation sites (tertiary alicyclic amines) is 1. The smallest absolute Gasteiger partial charge is 0.227 e. The Balaban J connectivity index is 2.52. The number of carbonyl (C=O) groups excluding carboxylic acids is 1. The van der Waals surface area contributed by atoms with E-state index in [-0.39, 0.29) is 5.41 Å². The van der Waals surface area contributed by atoms with Crippen LogP contribution in [0.15, 0.2) is 0 Å². The predicted octanol–water partition coefficient (Wildman–Crippen LogP) is 2.00. The van der Waals surface area contributed by atoms with E-state index in [1.54, 1.807) is 0 Å². The fourth-order valence-corrected chi connectivity index (χ4v) is 2.25. The molecule has 1 fully saturated rings. The van der Waals surface area contributed by atoms with E-state index >= 15 is 0 Å². The highest BCUT2D eigenvalue weighted by atomic mass is 32.2. The standard InChI is InChI=1S/C10H19NOS/c1-10(2,3)9(12)11-6-5-8(7-11)13-4/h8H,5-7H2,1-4H3/t8-/m1/s1. The van der Waals surface area contributed by atoms with Crippen LogP contribution in [-0.4, -0.2) is 35.4 Å². The van der Waals surface area contributed by atoms with Crippen LogP contribution in [0.5, 0.6) is 0 Å². The van der Waals surface area contributed by atoms with Gasteiger partial charge in [-0.25, -0.2) is 0 Å². The van der Waals surface area contributed by atoms with Crippen LogP contribution in [0.4, 0.5) is 0 Å². The van der Waals surface area contributed by atoms with Gasteiger partial charge in [0.1, 0.15) is 0 Å². The van der Waals surface area contributed by atoms with Gasteiger partial charge in [-0.15, -0.1) is 0 Å². The van der Waals surface area contributed by atoms with E-state index in [0.717, 1.165) is 19.5 Å². The molecule has 0 N–H and O–H groups in total. The number of rotatable bonds is 1. The Hall–Kier alpha value is -0.180. The van der Waals surface area contributed by atoms with Crippen molar-refractivity contribution in [2.75, 3.05) is 19.3 Å². The lowest BCUT2D eigenvalue weighted by Gasteiger charge is -2.25. The molecule has 0 spiro atoms. The van der Waals surface area contributed by atoms with Crippen LogP contribution in [0.25, 0.3) is 0 Å². The molecule has 1 aliphatic rings. The van der Waals surface area contributed by atoms with E-state index in [9.17, 15) is 4.79 Å². The molecule has 0 radical (unpaired) electrons. The van der Waals surface area contributed by atoms with Gasteiger partial charge in [-0.2, -0.15) is 11.8 Å². The number of hydrogen-bond acceptors (Lipinski definition) is 2. The Morgan fingerprint density at radius 3 is 2.46 bits per heavy atom. The minimum absolute atomic E-state index is 0.215. The minimum atomic E-state index is -0.215. The summed E-state index contributed by atoms with van der Waals surface area (Å²) < 4.78 is 0. The highest BCUT2D eigenvalue weighted by Gasteiger charge is 2.32. The maximum absolute atomic E-state index is 11.8. The molecule has 3 heteroatoms. The third-order valence-corrected chi connectivity index (χ3v) is 3.46. The Morgan fingerprint density at radius 1 is 1.46 bits per heavy atom. The van der Waals surface area contributed by atoms with Gasteiger partial charge in [0.25, 0.3) is 0 Å². The van der Waals surface area contributed by atoms with Crippen molar-refractivity contribution in [2.45, 2.75) is 32.4 Å². The molecular formula is C10H19NOS. The maximum Gasteiger partial charge on any atom is 0.227 e. The van der Waals surface area contributed by atoms with Gasteiger partial charge < -0.3 is 4.90 Å². The molecule has 13 heavy (non-hydrogen) atoms. The molecule has 1 saturated heterocycles. The fourth-order valence-electron chi connectivity index (χ4n) is 1.58. The van der Waals surface area contributed by atoms with Crippen LogP contribution in [0.1, 0.15) is 27.2 Å². The lowest BCUT2D eigenvalue weighted by molar-refractivity contribution is -0.138. The molecule has 1 aliphatic heterocycles. The van der Waals surface area contributed by atoms with Crippen molar-refractivity contribution in [2.24, 2.45) is 5.41 Å². The van der Waals surface area contributed by atoms with Crippen LogP contribution < -0.4 is 0 Å². The number of hydrogen-bond donors (Lipinski definition) is 0. The zero-order chi connectivity index (χ0) is 10.1. The lowest BCUT2D eigenvalue weighted by Crippen LogP contribution is -2.38. The van der Waals surface area contributed by atoms with E-state index in [0.29, 0.717) is 11.2 Å². The zero-order valence-electron chi connectivity index (χ0n) is 8.96. The molecule has 1 atom stereocenters. The maximum atomic E-state index is 11.8. The molecule has 2 nitrogen and oxygen atoms in total. The molecule has 0 aromatic heterocycles. The first-order valence-corrected chi connectivity index (χ1v) is 6.06. The molecular weight excluding hydrogens is 182 g/mol. The van der Waals surface area contributed by atoms with Gasteiger partial charge in [0, 0.05) is 23.8 Å². The van der Waals surface area contributed by atoms with Gasteiger partial charge in [-0.1, -0.05) is 20.8 Å². The minimum Gasteiger partial charge on any atom is -0.341 e. The van der Waals surface area contributed by atoms with Crippen LogP contribution in [0.3, 0.4) is 0 Å². The normalized spacial score (nSPS) is 23.7. The molecule has 0 aliphatic carbocycles. The zero-order valence-corrected chi connectivity index (χ0v) is 9.78. The van der Waals surface area contributed by atoms with E-state index in [1.165, 1.54) is 0 Å². The number of carbonyl (C=O) groups is 1. The summed E-state index contributed by atoms with van der Waals surface area (Å²) >= 11 is 1.87. The van der Waals surface area contributed by atoms with Crippen molar-refractivity contribution in [3.05, 3.63) is 0 Å². The van der Waals surface area contributed by atoms with Crippen molar-refractivity contribution < 1.29 is 4.79 Å². The summed E-state index contributed by atoms with van der Waals surface area (Å²) in [6.07, 6.45) is 3.28. The molecule has 0 bridgehead atoms. The van der Waals surface area contributed by atoms with Crippen LogP contribution in [0, 0.1) is 5.41 Å². The summed E-state index contributed by atoms with van der Waals surface area (Å²) in [5.41, 5.74) is -0.215. The van der Waals surface area contributed by atoms with E-state index < -0.39 is 0 Å². The number of thioether (sulfide) groups is 1. The van der Waals surface area contributed by atoms with E-state index in [2.05, 4.69) is 6.26 Å². The monoisotopic (exact) mass is 201 g/mol. The second kappa shape index (κ2) is 3.91. The van der Waals surface area contributed by atoms with Crippen LogP contribution in [-0.2, 0) is 4.79 Å². The number of amides is 1.